The Kier molecular flexibility index (Phi) is 8.28. The predicted molar refractivity (Wildman–Crippen MR) is 124 cm³/mol. The van der Waals surface area contributed by atoms with Gasteiger partial charge in [0.05, 0.1) is 30.3 Å². The second-order valence-electron chi connectivity index (χ2n) is 8.44. The van der Waals surface area contributed by atoms with Crippen LogP contribution in [0, 0.1) is 5.82 Å². The first-order chi connectivity index (χ1) is 16.4. The molecule has 2 unspecified atom stereocenters. The minimum Gasteiger partial charge on any atom is -0.379 e. The quantitative estimate of drug-likeness (QED) is 0.558. The number of carbonyl (C=O) groups is 1. The molecule has 2 aromatic rings. The smallest absolute Gasteiger partial charge is 0.251 e. The van der Waals surface area contributed by atoms with Crippen molar-refractivity contribution in [2.24, 2.45) is 0 Å². The van der Waals surface area contributed by atoms with E-state index in [0.29, 0.717) is 39.5 Å². The van der Waals surface area contributed by atoms with E-state index in [1.54, 1.807) is 24.3 Å². The minimum absolute atomic E-state index is 0.0291. The SMILES string of the molecule is O=C(NCC(c1ccc(F)cc1)N1CCOCC1)c1cccc(S(=O)(=O)NCC2CCCO2)c1. The number of nitrogens with zero attached hydrogens (tertiary/aromatic N) is 1. The molecule has 0 radical (unpaired) electrons. The van der Waals surface area contributed by atoms with E-state index in [0.717, 1.165) is 18.4 Å². The van der Waals surface area contributed by atoms with Crippen molar-refractivity contribution in [3.05, 3.63) is 65.5 Å². The van der Waals surface area contributed by atoms with Crippen LogP contribution in [0.25, 0.3) is 0 Å². The molecule has 10 heteroatoms. The van der Waals surface area contributed by atoms with Gasteiger partial charge in [-0.05, 0) is 48.7 Å². The maximum Gasteiger partial charge on any atom is 0.251 e. The molecule has 2 saturated heterocycles. The van der Waals surface area contributed by atoms with Crippen molar-refractivity contribution >= 4 is 15.9 Å². The average molecular weight is 492 g/mol. The Hall–Kier alpha value is -2.37. The van der Waals surface area contributed by atoms with Crippen molar-refractivity contribution in [1.82, 2.24) is 14.9 Å². The first-order valence-electron chi connectivity index (χ1n) is 11.5. The van der Waals surface area contributed by atoms with Crippen molar-refractivity contribution < 1.29 is 27.1 Å². The zero-order chi connectivity index (χ0) is 24.0. The molecule has 0 bridgehead atoms. The van der Waals surface area contributed by atoms with Crippen LogP contribution in [0.15, 0.2) is 53.4 Å². The van der Waals surface area contributed by atoms with E-state index in [-0.39, 0.29) is 40.9 Å². The van der Waals surface area contributed by atoms with Gasteiger partial charge < -0.3 is 14.8 Å². The van der Waals surface area contributed by atoms with Gasteiger partial charge in [-0.15, -0.1) is 0 Å². The van der Waals surface area contributed by atoms with E-state index < -0.39 is 10.0 Å². The number of halogens is 1. The summed E-state index contributed by atoms with van der Waals surface area (Å²) in [6.45, 7) is 3.71. The number of sulfonamides is 1. The number of hydrogen-bond donors (Lipinski definition) is 2. The van der Waals surface area contributed by atoms with Crippen LogP contribution >= 0.6 is 0 Å². The lowest BCUT2D eigenvalue weighted by atomic mass is 10.0. The average Bonchev–Trinajstić information content (AvgIpc) is 3.39. The Morgan fingerprint density at radius 1 is 1.12 bits per heavy atom. The van der Waals surface area contributed by atoms with E-state index in [1.165, 1.54) is 24.3 Å². The normalized spacial score (nSPS) is 20.2. The molecule has 0 spiro atoms. The van der Waals surface area contributed by atoms with E-state index in [1.807, 2.05) is 0 Å². The van der Waals surface area contributed by atoms with Crippen molar-refractivity contribution in [2.45, 2.75) is 29.9 Å². The number of rotatable bonds is 9. The molecular formula is C24H30FN3O5S. The Morgan fingerprint density at radius 3 is 2.59 bits per heavy atom. The molecule has 2 aromatic carbocycles. The summed E-state index contributed by atoms with van der Waals surface area (Å²) < 4.78 is 52.3. The lowest BCUT2D eigenvalue weighted by Crippen LogP contribution is -2.43. The molecule has 2 atom stereocenters. The standard InChI is InChI=1S/C24H30FN3O5S/c25-20-8-6-18(7-9-20)23(28-10-13-32-14-11-28)17-26-24(29)19-3-1-5-22(15-19)34(30,31)27-16-21-4-2-12-33-21/h1,3,5-9,15,21,23,27H,2,4,10-14,16-17H2,(H,26,29). The van der Waals surface area contributed by atoms with Crippen molar-refractivity contribution in [2.75, 3.05) is 46.0 Å². The molecule has 2 aliphatic rings. The molecular weight excluding hydrogens is 461 g/mol. The summed E-state index contributed by atoms with van der Waals surface area (Å²) in [7, 11) is -3.77. The largest absolute Gasteiger partial charge is 0.379 e. The highest BCUT2D eigenvalue weighted by Gasteiger charge is 2.24. The molecule has 4 rings (SSSR count). The van der Waals surface area contributed by atoms with Crippen LogP contribution < -0.4 is 10.0 Å². The molecule has 2 heterocycles. The molecule has 2 fully saturated rings. The summed E-state index contributed by atoms with van der Waals surface area (Å²) in [6, 6.07) is 12.0. The molecule has 0 aliphatic carbocycles. The van der Waals surface area contributed by atoms with Crippen molar-refractivity contribution in [3.8, 4) is 0 Å². The molecule has 34 heavy (non-hydrogen) atoms. The highest BCUT2D eigenvalue weighted by atomic mass is 32.2. The van der Waals surface area contributed by atoms with Crippen molar-refractivity contribution in [1.29, 1.82) is 0 Å². The summed E-state index contributed by atoms with van der Waals surface area (Å²) in [6.07, 6.45) is 1.62. The molecule has 1 amide bonds. The number of carbonyl (C=O) groups excluding carboxylic acids is 1. The summed E-state index contributed by atoms with van der Waals surface area (Å²) in [5.41, 5.74) is 1.14. The number of morpholine rings is 1. The third kappa shape index (κ3) is 6.39. The van der Waals surface area contributed by atoms with Gasteiger partial charge in [0.2, 0.25) is 10.0 Å². The van der Waals surface area contributed by atoms with Crippen LogP contribution in [0.4, 0.5) is 4.39 Å². The number of hydrogen-bond acceptors (Lipinski definition) is 6. The fourth-order valence-corrected chi connectivity index (χ4v) is 5.33. The molecule has 2 aliphatic heterocycles. The Labute approximate surface area is 199 Å². The lowest BCUT2D eigenvalue weighted by molar-refractivity contribution is 0.0162. The van der Waals surface area contributed by atoms with Crippen LogP contribution in [-0.2, 0) is 19.5 Å². The fourth-order valence-electron chi connectivity index (χ4n) is 4.22. The summed E-state index contributed by atoms with van der Waals surface area (Å²) in [5.74, 6) is -0.698. The van der Waals surface area contributed by atoms with Gasteiger partial charge in [0.1, 0.15) is 5.82 Å². The molecule has 8 nitrogen and oxygen atoms in total. The first-order valence-corrected chi connectivity index (χ1v) is 13.0. The first kappa shape index (κ1) is 24.7. The number of nitrogens with one attached hydrogen (secondary N) is 2. The van der Waals surface area contributed by atoms with E-state index >= 15 is 0 Å². The second kappa shape index (κ2) is 11.4. The second-order valence-corrected chi connectivity index (χ2v) is 10.2. The number of ether oxygens (including phenoxy) is 2. The number of amides is 1. The van der Waals surface area contributed by atoms with Gasteiger partial charge in [-0.25, -0.2) is 17.5 Å². The van der Waals surface area contributed by atoms with Gasteiger partial charge in [-0.1, -0.05) is 18.2 Å². The van der Waals surface area contributed by atoms with Gasteiger partial charge in [0.25, 0.3) is 5.91 Å². The minimum atomic E-state index is -3.77. The van der Waals surface area contributed by atoms with Crippen molar-refractivity contribution in [3.63, 3.8) is 0 Å². The van der Waals surface area contributed by atoms with Gasteiger partial charge in [0.15, 0.2) is 0 Å². The molecule has 184 valence electrons. The third-order valence-electron chi connectivity index (χ3n) is 6.13. The lowest BCUT2D eigenvalue weighted by Gasteiger charge is -2.35. The van der Waals surface area contributed by atoms with E-state index in [4.69, 9.17) is 9.47 Å². The summed E-state index contributed by atoms with van der Waals surface area (Å²) in [5, 5.41) is 2.91. The van der Waals surface area contributed by atoms with E-state index in [2.05, 4.69) is 14.9 Å². The van der Waals surface area contributed by atoms with Crippen LogP contribution in [-0.4, -0.2) is 71.3 Å². The Morgan fingerprint density at radius 2 is 1.88 bits per heavy atom. The van der Waals surface area contributed by atoms with Crippen LogP contribution in [0.5, 0.6) is 0 Å². The number of benzene rings is 2. The maximum atomic E-state index is 13.4. The van der Waals surface area contributed by atoms with Gasteiger partial charge >= 0.3 is 0 Å². The maximum absolute atomic E-state index is 13.4. The predicted octanol–water partition coefficient (Wildman–Crippen LogP) is 2.09. The van der Waals surface area contributed by atoms with Gasteiger partial charge in [-0.3, -0.25) is 9.69 Å². The zero-order valence-electron chi connectivity index (χ0n) is 18.9. The molecule has 2 N–H and O–H groups in total. The van der Waals surface area contributed by atoms with Gasteiger partial charge in [0, 0.05) is 38.3 Å². The van der Waals surface area contributed by atoms with Gasteiger partial charge in [-0.2, -0.15) is 0 Å². The molecule has 0 saturated carbocycles. The summed E-state index contributed by atoms with van der Waals surface area (Å²) >= 11 is 0. The zero-order valence-corrected chi connectivity index (χ0v) is 19.7. The Bertz CT molecular complexity index is 1070. The highest BCUT2D eigenvalue weighted by molar-refractivity contribution is 7.89. The van der Waals surface area contributed by atoms with Crippen LogP contribution in [0.1, 0.15) is 34.8 Å². The fraction of sp³-hybridized carbons (Fsp3) is 0.458. The topological polar surface area (TPSA) is 97.0 Å². The molecule has 0 aromatic heterocycles. The third-order valence-corrected chi connectivity index (χ3v) is 7.55. The van der Waals surface area contributed by atoms with Crippen LogP contribution in [0.2, 0.25) is 0 Å². The Balaban J connectivity index is 1.43. The summed E-state index contributed by atoms with van der Waals surface area (Å²) in [4.78, 5) is 15.1. The van der Waals surface area contributed by atoms with Crippen LogP contribution in [0.3, 0.4) is 0 Å². The monoisotopic (exact) mass is 491 g/mol. The highest BCUT2D eigenvalue weighted by Crippen LogP contribution is 2.22. The van der Waals surface area contributed by atoms with E-state index in [9.17, 15) is 17.6 Å².